The van der Waals surface area contributed by atoms with Gasteiger partial charge in [0.25, 0.3) is 0 Å². The van der Waals surface area contributed by atoms with Crippen LogP contribution in [0.3, 0.4) is 0 Å². The highest BCUT2D eigenvalue weighted by atomic mass is 35.5. The molecule has 1 aromatic heterocycles. The Morgan fingerprint density at radius 1 is 1.11 bits per heavy atom. The van der Waals surface area contributed by atoms with E-state index in [0.717, 1.165) is 23.4 Å². The molecule has 1 N–H and O–H groups in total. The third-order valence-corrected chi connectivity index (χ3v) is 4.58. The number of aryl methyl sites for hydroxylation is 1. The second-order valence-electron chi connectivity index (χ2n) is 4.36. The van der Waals surface area contributed by atoms with E-state index in [1.807, 2.05) is 35.6 Å². The molecule has 0 fully saturated rings. The lowest BCUT2D eigenvalue weighted by Gasteiger charge is -2.13. The number of aliphatic hydroxyl groups is 1. The molecule has 0 bridgehead atoms. The predicted molar refractivity (Wildman–Crippen MR) is 78.7 cm³/mol. The van der Waals surface area contributed by atoms with Crippen molar-refractivity contribution in [3.05, 3.63) is 56.7 Å². The Labute approximate surface area is 117 Å². The van der Waals surface area contributed by atoms with Gasteiger partial charge in [-0.2, -0.15) is 0 Å². The second kappa shape index (κ2) is 6.37. The summed E-state index contributed by atoms with van der Waals surface area (Å²) in [6, 6.07) is 12.1. The largest absolute Gasteiger partial charge is 0.396 e. The van der Waals surface area contributed by atoms with E-state index in [4.69, 9.17) is 11.6 Å². The molecule has 0 radical (unpaired) electrons. The highest BCUT2D eigenvalue weighted by Crippen LogP contribution is 2.26. The van der Waals surface area contributed by atoms with Crippen LogP contribution in [0, 0.1) is 0 Å². The Balaban J connectivity index is 2.11. The van der Waals surface area contributed by atoms with E-state index in [9.17, 15) is 5.11 Å². The van der Waals surface area contributed by atoms with E-state index >= 15 is 0 Å². The average molecular weight is 281 g/mol. The Morgan fingerprint density at radius 2 is 1.78 bits per heavy atom. The van der Waals surface area contributed by atoms with Gasteiger partial charge in [-0.25, -0.2) is 0 Å². The lowest BCUT2D eigenvalue weighted by molar-refractivity contribution is 0.265. The topological polar surface area (TPSA) is 20.2 Å². The van der Waals surface area contributed by atoms with Crippen molar-refractivity contribution in [2.45, 2.75) is 25.7 Å². The van der Waals surface area contributed by atoms with Crippen molar-refractivity contribution in [2.24, 2.45) is 0 Å². The minimum absolute atomic E-state index is 0.158. The molecule has 0 saturated carbocycles. The van der Waals surface area contributed by atoms with Crippen LogP contribution in [0.15, 0.2) is 36.4 Å². The maximum absolute atomic E-state index is 9.55. The monoisotopic (exact) mass is 280 g/mol. The molecule has 0 saturated heterocycles. The van der Waals surface area contributed by atoms with Gasteiger partial charge in [0.15, 0.2) is 0 Å². The SMILES string of the molecule is CCc1ccc(CC(CO)c2ccc(Cl)cc2)s1. The molecule has 1 heterocycles. The van der Waals surface area contributed by atoms with Crippen molar-refractivity contribution in [3.8, 4) is 0 Å². The van der Waals surface area contributed by atoms with Crippen LogP contribution in [0.2, 0.25) is 5.02 Å². The maximum Gasteiger partial charge on any atom is 0.0503 e. The number of thiophene rings is 1. The first-order valence-electron chi connectivity index (χ1n) is 6.16. The van der Waals surface area contributed by atoms with E-state index in [-0.39, 0.29) is 12.5 Å². The molecule has 0 aliphatic carbocycles. The fourth-order valence-electron chi connectivity index (χ4n) is 1.99. The highest BCUT2D eigenvalue weighted by Gasteiger charge is 2.12. The van der Waals surface area contributed by atoms with Crippen molar-refractivity contribution in [1.82, 2.24) is 0 Å². The van der Waals surface area contributed by atoms with Crippen LogP contribution >= 0.6 is 22.9 Å². The molecule has 96 valence electrons. The van der Waals surface area contributed by atoms with Gasteiger partial charge in [-0.05, 0) is 42.7 Å². The van der Waals surface area contributed by atoms with Crippen LogP contribution in [0.4, 0.5) is 0 Å². The molecule has 0 spiro atoms. The van der Waals surface area contributed by atoms with Crippen molar-refractivity contribution in [2.75, 3.05) is 6.61 Å². The minimum Gasteiger partial charge on any atom is -0.396 e. The average Bonchev–Trinajstić information content (AvgIpc) is 2.85. The Hall–Kier alpha value is -0.830. The highest BCUT2D eigenvalue weighted by molar-refractivity contribution is 7.11. The first-order chi connectivity index (χ1) is 8.72. The predicted octanol–water partition coefficient (Wildman–Crippen LogP) is 4.28. The normalized spacial score (nSPS) is 12.6. The molecule has 18 heavy (non-hydrogen) atoms. The molecule has 0 aliphatic heterocycles. The zero-order valence-electron chi connectivity index (χ0n) is 10.4. The van der Waals surface area contributed by atoms with Crippen molar-refractivity contribution < 1.29 is 5.11 Å². The van der Waals surface area contributed by atoms with Crippen LogP contribution in [0.5, 0.6) is 0 Å². The van der Waals surface area contributed by atoms with E-state index in [1.165, 1.54) is 9.75 Å². The van der Waals surface area contributed by atoms with Gasteiger partial charge in [-0.3, -0.25) is 0 Å². The third kappa shape index (κ3) is 3.35. The van der Waals surface area contributed by atoms with E-state index in [1.54, 1.807) is 0 Å². The lowest BCUT2D eigenvalue weighted by Crippen LogP contribution is -2.06. The summed E-state index contributed by atoms with van der Waals surface area (Å²) in [5, 5.41) is 10.3. The molecule has 1 aromatic carbocycles. The lowest BCUT2D eigenvalue weighted by atomic mass is 9.96. The molecule has 0 aliphatic rings. The summed E-state index contributed by atoms with van der Waals surface area (Å²) in [5.74, 6) is 0.158. The number of rotatable bonds is 5. The van der Waals surface area contributed by atoms with E-state index in [0.29, 0.717) is 0 Å². The van der Waals surface area contributed by atoms with Gasteiger partial charge in [0.05, 0.1) is 6.61 Å². The fourth-order valence-corrected chi connectivity index (χ4v) is 3.15. The first kappa shape index (κ1) is 13.6. The molecule has 0 amide bonds. The smallest absolute Gasteiger partial charge is 0.0503 e. The summed E-state index contributed by atoms with van der Waals surface area (Å²) in [6.45, 7) is 2.33. The van der Waals surface area contributed by atoms with Gasteiger partial charge in [0, 0.05) is 20.7 Å². The van der Waals surface area contributed by atoms with E-state index < -0.39 is 0 Å². The van der Waals surface area contributed by atoms with Crippen LogP contribution in [-0.4, -0.2) is 11.7 Å². The van der Waals surface area contributed by atoms with Gasteiger partial charge < -0.3 is 5.11 Å². The summed E-state index contributed by atoms with van der Waals surface area (Å²) < 4.78 is 0. The second-order valence-corrected chi connectivity index (χ2v) is 6.05. The van der Waals surface area contributed by atoms with E-state index in [2.05, 4.69) is 19.1 Å². The number of aliphatic hydroxyl groups excluding tert-OH is 1. The molecule has 1 nitrogen and oxygen atoms in total. The summed E-state index contributed by atoms with van der Waals surface area (Å²) in [7, 11) is 0. The first-order valence-corrected chi connectivity index (χ1v) is 7.36. The molecule has 2 rings (SSSR count). The molecule has 2 aromatic rings. The zero-order valence-corrected chi connectivity index (χ0v) is 12.0. The summed E-state index contributed by atoms with van der Waals surface area (Å²) >= 11 is 7.72. The van der Waals surface area contributed by atoms with Gasteiger partial charge in [0.1, 0.15) is 0 Å². The van der Waals surface area contributed by atoms with Gasteiger partial charge in [0.2, 0.25) is 0 Å². The van der Waals surface area contributed by atoms with Crippen molar-refractivity contribution >= 4 is 22.9 Å². The molecule has 1 unspecified atom stereocenters. The number of benzene rings is 1. The summed E-state index contributed by atoms with van der Waals surface area (Å²) in [4.78, 5) is 2.73. The number of halogens is 1. The minimum atomic E-state index is 0.158. The Bertz CT molecular complexity index is 489. The van der Waals surface area contributed by atoms with Crippen molar-refractivity contribution in [1.29, 1.82) is 0 Å². The van der Waals surface area contributed by atoms with Crippen molar-refractivity contribution in [3.63, 3.8) is 0 Å². The van der Waals surface area contributed by atoms with Crippen LogP contribution in [0.25, 0.3) is 0 Å². The molecular weight excluding hydrogens is 264 g/mol. The quantitative estimate of drug-likeness (QED) is 0.867. The Morgan fingerprint density at radius 3 is 2.33 bits per heavy atom. The third-order valence-electron chi connectivity index (χ3n) is 3.08. The number of hydrogen-bond acceptors (Lipinski definition) is 2. The molecular formula is C15H17ClOS. The Kier molecular flexibility index (Phi) is 4.81. The van der Waals surface area contributed by atoms with Crippen LogP contribution < -0.4 is 0 Å². The van der Waals surface area contributed by atoms with Gasteiger partial charge in [-0.15, -0.1) is 11.3 Å². The molecule has 3 heteroatoms. The van der Waals surface area contributed by atoms with Crippen LogP contribution in [0.1, 0.15) is 28.2 Å². The summed E-state index contributed by atoms with van der Waals surface area (Å²) in [5.41, 5.74) is 1.15. The zero-order chi connectivity index (χ0) is 13.0. The standard InChI is InChI=1S/C15H17ClOS/c1-2-14-7-8-15(18-14)9-12(10-17)11-3-5-13(16)6-4-11/h3-8,12,17H,2,9-10H2,1H3. The van der Waals surface area contributed by atoms with Crippen LogP contribution in [-0.2, 0) is 12.8 Å². The van der Waals surface area contributed by atoms with Gasteiger partial charge >= 0.3 is 0 Å². The summed E-state index contributed by atoms with van der Waals surface area (Å²) in [6.07, 6.45) is 1.97. The number of hydrogen-bond donors (Lipinski definition) is 1. The maximum atomic E-state index is 9.55. The fraction of sp³-hybridized carbons (Fsp3) is 0.333. The molecule has 1 atom stereocenters. The van der Waals surface area contributed by atoms with Gasteiger partial charge in [-0.1, -0.05) is 30.7 Å².